The van der Waals surface area contributed by atoms with Crippen LogP contribution >= 0.6 is 0 Å². The van der Waals surface area contributed by atoms with E-state index in [-0.39, 0.29) is 29.7 Å². The van der Waals surface area contributed by atoms with E-state index in [4.69, 9.17) is 5.73 Å². The van der Waals surface area contributed by atoms with Crippen LogP contribution in [0, 0.1) is 5.92 Å². The van der Waals surface area contributed by atoms with Crippen LogP contribution in [0.4, 0.5) is 0 Å². The van der Waals surface area contributed by atoms with Crippen LogP contribution in [0.2, 0.25) is 0 Å². The Bertz CT molecular complexity index is 993. The Kier molecular flexibility index (Phi) is 5.69. The normalized spacial score (nSPS) is 27.7. The van der Waals surface area contributed by atoms with Crippen LogP contribution < -0.4 is 5.73 Å². The molecule has 2 aliphatic carbocycles. The van der Waals surface area contributed by atoms with Crippen LogP contribution in [0.15, 0.2) is 35.1 Å². The van der Waals surface area contributed by atoms with Crippen molar-refractivity contribution in [1.82, 2.24) is 4.90 Å². The minimum atomic E-state index is -1.29. The number of rotatable bonds is 2. The predicted octanol–water partition coefficient (Wildman–Crippen LogP) is 0.354. The van der Waals surface area contributed by atoms with E-state index >= 15 is 0 Å². The number of ketones is 2. The lowest BCUT2D eigenvalue weighted by molar-refractivity contribution is -0.125. The number of likely N-dealkylation sites (N-methyl/N-ethyl adjacent to an activating group) is 1. The number of hydrogen-bond acceptors (Lipinski definition) is 8. The summed E-state index contributed by atoms with van der Waals surface area (Å²) in [6, 6.07) is 3.53. The second kappa shape index (κ2) is 7.92. The topological polar surface area (TPSA) is 161 Å². The van der Waals surface area contributed by atoms with Gasteiger partial charge in [-0.05, 0) is 44.5 Å². The molecule has 6 N–H and O–H groups in total. The molecule has 0 saturated carbocycles. The lowest BCUT2D eigenvalue weighted by atomic mass is 9.75. The predicted molar refractivity (Wildman–Crippen MR) is 106 cm³/mol. The summed E-state index contributed by atoms with van der Waals surface area (Å²) in [6.45, 7) is 0. The summed E-state index contributed by atoms with van der Waals surface area (Å²) in [5.74, 6) is -5.02. The molecule has 0 heterocycles. The van der Waals surface area contributed by atoms with Crippen molar-refractivity contribution in [3.05, 3.63) is 46.2 Å². The molecule has 0 fully saturated rings. The molecule has 160 valence electrons. The molecule has 3 atom stereocenters. The Labute approximate surface area is 172 Å². The molecule has 0 aliphatic heterocycles. The van der Waals surface area contributed by atoms with Gasteiger partial charge >= 0.3 is 0 Å². The van der Waals surface area contributed by atoms with Gasteiger partial charge < -0.3 is 26.2 Å². The van der Waals surface area contributed by atoms with Gasteiger partial charge in [-0.1, -0.05) is 12.1 Å². The van der Waals surface area contributed by atoms with E-state index in [1.165, 1.54) is 11.0 Å². The fourth-order valence-electron chi connectivity index (χ4n) is 4.36. The van der Waals surface area contributed by atoms with E-state index in [0.29, 0.717) is 5.56 Å². The number of nitrogens with zero attached hydrogens (tertiary/aromatic N) is 1. The number of nitrogens with two attached hydrogens (primary N) is 1. The van der Waals surface area contributed by atoms with Gasteiger partial charge in [0.15, 0.2) is 11.6 Å². The molecule has 0 radical (unpaired) electrons. The third-order valence-corrected chi connectivity index (χ3v) is 5.63. The zero-order chi connectivity index (χ0) is 22.3. The number of carbonyl (C=O) groups is 3. The molecule has 1 aromatic carbocycles. The number of hydrogen-bond donors (Lipinski definition) is 5. The van der Waals surface area contributed by atoms with Gasteiger partial charge in [-0.15, -0.1) is 0 Å². The fourth-order valence-corrected chi connectivity index (χ4v) is 4.36. The van der Waals surface area contributed by atoms with Crippen molar-refractivity contribution in [2.45, 2.75) is 31.4 Å². The van der Waals surface area contributed by atoms with Crippen LogP contribution in [-0.2, 0) is 20.8 Å². The first-order valence-electron chi connectivity index (χ1n) is 9.42. The summed E-state index contributed by atoms with van der Waals surface area (Å²) in [7, 11) is 3.10. The lowest BCUT2D eigenvalue weighted by Gasteiger charge is -2.34. The second-order valence-corrected chi connectivity index (χ2v) is 7.83. The average molecular weight is 416 g/mol. The van der Waals surface area contributed by atoms with Crippen molar-refractivity contribution in [3.63, 3.8) is 0 Å². The largest absolute Gasteiger partial charge is 0.510 e. The average Bonchev–Trinajstić information content (AvgIpc) is 2.60. The Balaban J connectivity index is 2.21. The van der Waals surface area contributed by atoms with E-state index in [2.05, 4.69) is 0 Å². The molecule has 9 nitrogen and oxygen atoms in total. The summed E-state index contributed by atoms with van der Waals surface area (Å²) in [5.41, 5.74) is 5.11. The highest BCUT2D eigenvalue weighted by atomic mass is 16.3. The first-order chi connectivity index (χ1) is 14.0. The minimum absolute atomic E-state index is 0.0482. The maximum atomic E-state index is 12.9. The van der Waals surface area contributed by atoms with Crippen molar-refractivity contribution < 1.29 is 34.8 Å². The van der Waals surface area contributed by atoms with Crippen LogP contribution in [-0.4, -0.2) is 69.0 Å². The molecule has 1 aromatic rings. The fraction of sp³-hybridized carbons (Fsp3) is 0.381. The lowest BCUT2D eigenvalue weighted by Crippen LogP contribution is -2.45. The van der Waals surface area contributed by atoms with Gasteiger partial charge in [0.05, 0.1) is 24.1 Å². The van der Waals surface area contributed by atoms with Crippen LogP contribution in [0.3, 0.4) is 0 Å². The van der Waals surface area contributed by atoms with E-state index in [1.807, 2.05) is 0 Å². The second-order valence-electron chi connectivity index (χ2n) is 7.83. The number of phenols is 1. The summed E-state index contributed by atoms with van der Waals surface area (Å²) in [4.78, 5) is 38.9. The van der Waals surface area contributed by atoms with E-state index in [1.54, 1.807) is 26.2 Å². The van der Waals surface area contributed by atoms with Crippen molar-refractivity contribution in [3.8, 4) is 5.75 Å². The Morgan fingerprint density at radius 1 is 1.13 bits per heavy atom. The summed E-state index contributed by atoms with van der Waals surface area (Å²) in [5, 5.41) is 42.5. The number of primary amides is 1. The van der Waals surface area contributed by atoms with Crippen LogP contribution in [0.25, 0.3) is 5.76 Å². The Hall–Kier alpha value is -3.17. The number of benzene rings is 1. The standard InChI is InChI=1S/C21H24N2O7/c1-23(2)18-14(27)7-10-6-9-4-3-5-11(24)15(9)19(28)16(10)12(25)8-13(26)17(20(18)29)21(22)30/h3-5,10,14,18,24,27-29H,6-8H2,1-2H3,(H2,22,30)/b20-17-/t10-,14-,18-/m0/s1. The molecular formula is C21H24N2O7. The quantitative estimate of drug-likeness (QED) is 0.341. The van der Waals surface area contributed by atoms with Gasteiger partial charge in [-0.25, -0.2) is 0 Å². The van der Waals surface area contributed by atoms with Gasteiger partial charge in [0.2, 0.25) is 0 Å². The number of allylic oxidation sites excluding steroid dienone is 1. The molecular weight excluding hydrogens is 392 g/mol. The Morgan fingerprint density at radius 2 is 1.80 bits per heavy atom. The molecule has 1 amide bonds. The van der Waals surface area contributed by atoms with E-state index in [0.717, 1.165) is 0 Å². The van der Waals surface area contributed by atoms with Gasteiger partial charge in [0, 0.05) is 5.57 Å². The summed E-state index contributed by atoms with van der Waals surface area (Å²) < 4.78 is 0. The summed E-state index contributed by atoms with van der Waals surface area (Å²) >= 11 is 0. The van der Waals surface area contributed by atoms with Crippen molar-refractivity contribution in [1.29, 1.82) is 0 Å². The number of fused-ring (bicyclic) bond motifs is 2. The SMILES string of the molecule is CN(C)[C@@H]1/C(O)=C(/C(N)=O)C(=O)CC(=O)C2=C(O)c3c(O)cccc3C[C@H]2C[C@@H]1O. The number of carbonyl (C=O) groups excluding carboxylic acids is 3. The number of phenolic OH excluding ortho intramolecular Hbond substituents is 1. The molecule has 0 unspecified atom stereocenters. The maximum Gasteiger partial charge on any atom is 0.255 e. The molecule has 3 rings (SSSR count). The van der Waals surface area contributed by atoms with Gasteiger partial charge in [-0.3, -0.25) is 19.3 Å². The molecule has 0 bridgehead atoms. The molecule has 0 saturated heterocycles. The molecule has 0 spiro atoms. The minimum Gasteiger partial charge on any atom is -0.510 e. The molecule has 2 aliphatic rings. The molecule has 9 heteroatoms. The third kappa shape index (κ3) is 3.57. The zero-order valence-corrected chi connectivity index (χ0v) is 16.6. The first kappa shape index (κ1) is 21.5. The van der Waals surface area contributed by atoms with Crippen LogP contribution in [0.5, 0.6) is 5.75 Å². The molecule has 30 heavy (non-hydrogen) atoms. The number of Topliss-reactive ketones (excluding diaryl/α,β-unsaturated/α-hetero) is 2. The number of aromatic hydroxyl groups is 1. The van der Waals surface area contributed by atoms with Crippen molar-refractivity contribution >= 4 is 23.2 Å². The van der Waals surface area contributed by atoms with E-state index < -0.39 is 59.0 Å². The number of aliphatic hydroxyl groups excluding tert-OH is 3. The first-order valence-corrected chi connectivity index (χ1v) is 9.42. The van der Waals surface area contributed by atoms with E-state index in [9.17, 15) is 34.8 Å². The highest BCUT2D eigenvalue weighted by molar-refractivity contribution is 6.25. The number of aliphatic hydroxyl groups is 3. The summed E-state index contributed by atoms with van der Waals surface area (Å²) in [6.07, 6.45) is -1.90. The smallest absolute Gasteiger partial charge is 0.255 e. The highest BCUT2D eigenvalue weighted by Gasteiger charge is 2.41. The maximum absolute atomic E-state index is 12.9. The van der Waals surface area contributed by atoms with Gasteiger partial charge in [-0.2, -0.15) is 0 Å². The number of amides is 1. The van der Waals surface area contributed by atoms with Gasteiger partial charge in [0.1, 0.15) is 22.8 Å². The van der Waals surface area contributed by atoms with Crippen molar-refractivity contribution in [2.75, 3.05) is 14.1 Å². The Morgan fingerprint density at radius 3 is 2.40 bits per heavy atom. The molecule has 0 aromatic heterocycles. The zero-order valence-electron chi connectivity index (χ0n) is 16.6. The monoisotopic (exact) mass is 416 g/mol. The van der Waals surface area contributed by atoms with Gasteiger partial charge in [0.25, 0.3) is 5.91 Å². The van der Waals surface area contributed by atoms with Crippen LogP contribution in [0.1, 0.15) is 24.0 Å². The third-order valence-electron chi connectivity index (χ3n) is 5.63. The van der Waals surface area contributed by atoms with Crippen molar-refractivity contribution in [2.24, 2.45) is 11.7 Å². The highest BCUT2D eigenvalue weighted by Crippen LogP contribution is 2.41.